The summed E-state index contributed by atoms with van der Waals surface area (Å²) in [5, 5.41) is 5.55. The van der Waals surface area contributed by atoms with Crippen LogP contribution >= 0.6 is 0 Å². The van der Waals surface area contributed by atoms with Gasteiger partial charge in [-0.2, -0.15) is 0 Å². The van der Waals surface area contributed by atoms with E-state index in [-0.39, 0.29) is 12.1 Å². The zero-order chi connectivity index (χ0) is 13.8. The van der Waals surface area contributed by atoms with Gasteiger partial charge in [0, 0.05) is 40.0 Å². The Hall–Kier alpha value is -0.850. The van der Waals surface area contributed by atoms with Crippen molar-refractivity contribution in [3.8, 4) is 0 Å². The van der Waals surface area contributed by atoms with E-state index in [4.69, 9.17) is 14.2 Å². The Balaban J connectivity index is 1.80. The summed E-state index contributed by atoms with van der Waals surface area (Å²) in [5.74, 6) is 0. The molecule has 2 N–H and O–H groups in total. The first-order valence-electron chi connectivity index (χ1n) is 7.03. The minimum atomic E-state index is -0.129. The summed E-state index contributed by atoms with van der Waals surface area (Å²) < 4.78 is 15.8. The second-order valence-electron chi connectivity index (χ2n) is 4.59. The lowest BCUT2D eigenvalue weighted by atomic mass is 10.2. The van der Waals surface area contributed by atoms with Crippen molar-refractivity contribution in [2.75, 3.05) is 46.6 Å². The van der Waals surface area contributed by atoms with E-state index in [2.05, 4.69) is 10.6 Å². The molecule has 0 aliphatic carbocycles. The molecule has 0 saturated carbocycles. The lowest BCUT2D eigenvalue weighted by Gasteiger charge is -2.10. The Kier molecular flexibility index (Phi) is 9.40. The number of hydrogen-bond donors (Lipinski definition) is 2. The van der Waals surface area contributed by atoms with E-state index >= 15 is 0 Å². The van der Waals surface area contributed by atoms with Gasteiger partial charge in [0.15, 0.2) is 0 Å². The van der Waals surface area contributed by atoms with Crippen molar-refractivity contribution in [3.63, 3.8) is 0 Å². The number of urea groups is 1. The maximum atomic E-state index is 11.3. The predicted octanol–water partition coefficient (Wildman–Crippen LogP) is 0.908. The van der Waals surface area contributed by atoms with Crippen molar-refractivity contribution in [1.29, 1.82) is 0 Å². The van der Waals surface area contributed by atoms with Gasteiger partial charge in [-0.15, -0.1) is 0 Å². The van der Waals surface area contributed by atoms with Gasteiger partial charge in [-0.1, -0.05) is 0 Å². The highest BCUT2D eigenvalue weighted by molar-refractivity contribution is 5.73. The molecule has 0 aromatic heterocycles. The second kappa shape index (κ2) is 11.0. The molecule has 1 heterocycles. The van der Waals surface area contributed by atoms with Crippen molar-refractivity contribution < 1.29 is 19.0 Å². The lowest BCUT2D eigenvalue weighted by molar-refractivity contribution is 0.0168. The fourth-order valence-electron chi connectivity index (χ4n) is 1.85. The molecule has 0 spiro atoms. The summed E-state index contributed by atoms with van der Waals surface area (Å²) in [5.41, 5.74) is 0. The molecule has 1 atom stereocenters. The second-order valence-corrected chi connectivity index (χ2v) is 4.59. The molecular formula is C13H26N2O4. The highest BCUT2D eigenvalue weighted by Crippen LogP contribution is 2.11. The largest absolute Gasteiger partial charge is 0.385 e. The molecule has 6 heteroatoms. The Bertz CT molecular complexity index is 233. The molecule has 0 aromatic carbocycles. The average molecular weight is 274 g/mol. The topological polar surface area (TPSA) is 68.8 Å². The molecule has 6 nitrogen and oxygen atoms in total. The number of hydrogen-bond acceptors (Lipinski definition) is 4. The van der Waals surface area contributed by atoms with Crippen molar-refractivity contribution in [2.24, 2.45) is 0 Å². The molecule has 1 saturated heterocycles. The van der Waals surface area contributed by atoms with Crippen LogP contribution in [-0.2, 0) is 14.2 Å². The molecule has 1 rings (SSSR count). The standard InChI is InChI=1S/C13H26N2O4/c1-17-8-3-6-14-13(16)15-7-4-9-18-11-12-5-2-10-19-12/h12H,2-11H2,1H3,(H2,14,15,16). The van der Waals surface area contributed by atoms with Crippen molar-refractivity contribution >= 4 is 6.03 Å². The number of amides is 2. The van der Waals surface area contributed by atoms with Gasteiger partial charge in [0.05, 0.1) is 12.7 Å². The van der Waals surface area contributed by atoms with Crippen LogP contribution in [0.25, 0.3) is 0 Å². The van der Waals surface area contributed by atoms with Crippen molar-refractivity contribution in [1.82, 2.24) is 10.6 Å². The van der Waals surface area contributed by atoms with Gasteiger partial charge in [-0.3, -0.25) is 0 Å². The lowest BCUT2D eigenvalue weighted by Crippen LogP contribution is -2.37. The van der Waals surface area contributed by atoms with E-state index < -0.39 is 0 Å². The average Bonchev–Trinajstić information content (AvgIpc) is 2.92. The maximum Gasteiger partial charge on any atom is 0.314 e. The summed E-state index contributed by atoms with van der Waals surface area (Å²) in [6.45, 7) is 4.11. The number of rotatable bonds is 10. The van der Waals surface area contributed by atoms with Gasteiger partial charge in [0.1, 0.15) is 0 Å². The molecule has 0 bridgehead atoms. The minimum absolute atomic E-state index is 0.129. The number of nitrogens with one attached hydrogen (secondary N) is 2. The Morgan fingerprint density at radius 1 is 1.26 bits per heavy atom. The summed E-state index contributed by atoms with van der Waals surface area (Å²) in [6.07, 6.45) is 4.16. The van der Waals surface area contributed by atoms with Gasteiger partial charge in [-0.25, -0.2) is 4.79 Å². The molecule has 0 radical (unpaired) electrons. The third-order valence-corrected chi connectivity index (χ3v) is 2.89. The Labute approximate surface area is 115 Å². The molecule has 112 valence electrons. The first-order chi connectivity index (χ1) is 9.33. The van der Waals surface area contributed by atoms with Crippen LogP contribution < -0.4 is 10.6 Å². The smallest absolute Gasteiger partial charge is 0.314 e. The molecular weight excluding hydrogens is 248 g/mol. The third-order valence-electron chi connectivity index (χ3n) is 2.89. The van der Waals surface area contributed by atoms with E-state index in [1.54, 1.807) is 7.11 Å². The molecule has 2 amide bonds. The van der Waals surface area contributed by atoms with Crippen molar-refractivity contribution in [2.45, 2.75) is 31.8 Å². The number of carbonyl (C=O) groups is 1. The van der Waals surface area contributed by atoms with Gasteiger partial charge < -0.3 is 24.8 Å². The minimum Gasteiger partial charge on any atom is -0.385 e. The van der Waals surface area contributed by atoms with E-state index in [0.29, 0.717) is 32.9 Å². The number of ether oxygens (including phenoxy) is 3. The summed E-state index contributed by atoms with van der Waals surface area (Å²) in [6, 6.07) is -0.129. The van der Waals surface area contributed by atoms with Crippen LogP contribution in [0.15, 0.2) is 0 Å². The molecule has 1 unspecified atom stereocenters. The third kappa shape index (κ3) is 8.80. The first kappa shape index (κ1) is 16.2. The van der Waals surface area contributed by atoms with E-state index in [0.717, 1.165) is 32.3 Å². The van der Waals surface area contributed by atoms with Crippen LogP contribution in [0, 0.1) is 0 Å². The Morgan fingerprint density at radius 2 is 2.00 bits per heavy atom. The number of carbonyl (C=O) groups excluding carboxylic acids is 1. The summed E-state index contributed by atoms with van der Waals surface area (Å²) >= 11 is 0. The van der Waals surface area contributed by atoms with Crippen LogP contribution in [-0.4, -0.2) is 58.8 Å². The SMILES string of the molecule is COCCCNC(=O)NCCCOCC1CCCO1. The highest BCUT2D eigenvalue weighted by atomic mass is 16.5. The molecule has 19 heavy (non-hydrogen) atoms. The highest BCUT2D eigenvalue weighted by Gasteiger charge is 2.14. The van der Waals surface area contributed by atoms with Crippen LogP contribution in [0.2, 0.25) is 0 Å². The fraction of sp³-hybridized carbons (Fsp3) is 0.923. The fourth-order valence-corrected chi connectivity index (χ4v) is 1.85. The normalized spacial score (nSPS) is 18.5. The monoisotopic (exact) mass is 274 g/mol. The molecule has 1 aliphatic heterocycles. The molecule has 0 aromatic rings. The zero-order valence-electron chi connectivity index (χ0n) is 11.8. The Morgan fingerprint density at radius 3 is 2.63 bits per heavy atom. The van der Waals surface area contributed by atoms with Crippen LogP contribution in [0.3, 0.4) is 0 Å². The first-order valence-corrected chi connectivity index (χ1v) is 7.03. The predicted molar refractivity (Wildman–Crippen MR) is 72.3 cm³/mol. The maximum absolute atomic E-state index is 11.3. The van der Waals surface area contributed by atoms with Crippen molar-refractivity contribution in [3.05, 3.63) is 0 Å². The number of methoxy groups -OCH3 is 1. The molecule has 1 aliphatic rings. The van der Waals surface area contributed by atoms with Gasteiger partial charge in [0.25, 0.3) is 0 Å². The van der Waals surface area contributed by atoms with Gasteiger partial charge >= 0.3 is 6.03 Å². The summed E-state index contributed by atoms with van der Waals surface area (Å²) in [7, 11) is 1.65. The van der Waals surface area contributed by atoms with Gasteiger partial charge in [0.2, 0.25) is 0 Å². The van der Waals surface area contributed by atoms with Gasteiger partial charge in [-0.05, 0) is 25.7 Å². The molecule has 1 fully saturated rings. The quantitative estimate of drug-likeness (QED) is 0.581. The van der Waals surface area contributed by atoms with Crippen LogP contribution in [0.5, 0.6) is 0 Å². The van der Waals surface area contributed by atoms with E-state index in [1.807, 2.05) is 0 Å². The van der Waals surface area contributed by atoms with E-state index in [1.165, 1.54) is 0 Å². The summed E-state index contributed by atoms with van der Waals surface area (Å²) in [4.78, 5) is 11.3. The van der Waals surface area contributed by atoms with Crippen LogP contribution in [0.1, 0.15) is 25.7 Å². The van der Waals surface area contributed by atoms with Crippen LogP contribution in [0.4, 0.5) is 4.79 Å². The van der Waals surface area contributed by atoms with E-state index in [9.17, 15) is 4.79 Å². The zero-order valence-corrected chi connectivity index (χ0v) is 11.8.